The van der Waals surface area contributed by atoms with E-state index < -0.39 is 0 Å². The maximum absolute atomic E-state index is 3.94. The van der Waals surface area contributed by atoms with E-state index in [0.717, 1.165) is 19.2 Å². The minimum Gasteiger partial charge on any atom is -0.349 e. The van der Waals surface area contributed by atoms with Crippen LogP contribution in [0.25, 0.3) is 0 Å². The van der Waals surface area contributed by atoms with Crippen molar-refractivity contribution in [2.45, 2.75) is 0 Å². The Morgan fingerprint density at radius 3 is 1.90 bits per heavy atom. The van der Waals surface area contributed by atoms with Gasteiger partial charge in [-0.15, -0.1) is 0 Å². The Morgan fingerprint density at radius 1 is 1.10 bits per heavy atom. The molecule has 0 saturated carbocycles. The first-order valence-corrected chi connectivity index (χ1v) is 3.41. The molecule has 0 atom stereocenters. The Kier molecular flexibility index (Phi) is 1.85. The van der Waals surface area contributed by atoms with Crippen molar-refractivity contribution in [3.05, 3.63) is 12.4 Å². The third-order valence-corrected chi connectivity index (χ3v) is 1.79. The van der Waals surface area contributed by atoms with Gasteiger partial charge in [0, 0.05) is 14.1 Å². The average Bonchev–Trinajstić information content (AvgIpc) is 1.82. The summed E-state index contributed by atoms with van der Waals surface area (Å²) in [5.41, 5.74) is 0. The van der Waals surface area contributed by atoms with Crippen LogP contribution < -0.4 is 0 Å². The second kappa shape index (κ2) is 2.50. The lowest BCUT2D eigenvalue weighted by Gasteiger charge is -2.40. The molecule has 0 amide bonds. The predicted molar refractivity (Wildman–Crippen MR) is 42.2 cm³/mol. The molecule has 0 bridgehead atoms. The van der Waals surface area contributed by atoms with Gasteiger partial charge in [-0.3, -0.25) is 4.90 Å². The van der Waals surface area contributed by atoms with Crippen LogP contribution in [-0.4, -0.2) is 49.2 Å². The molecular weight excluding hydrogens is 126 g/mol. The van der Waals surface area contributed by atoms with Gasteiger partial charge >= 0.3 is 0 Å². The van der Waals surface area contributed by atoms with Gasteiger partial charge in [0.25, 0.3) is 0 Å². The van der Waals surface area contributed by atoms with Crippen molar-refractivity contribution in [3.63, 3.8) is 0 Å². The molecule has 58 valence electrons. The molecule has 10 heavy (non-hydrogen) atoms. The molecular formula is C7H15N3. The summed E-state index contributed by atoms with van der Waals surface area (Å²) in [6.07, 6.45) is 0. The standard InChI is InChI=1S/C7H15N3/c1-7-9(3)5-8(2)6-10(7)4/h1,5-6H2,2-4H3. The van der Waals surface area contributed by atoms with Crippen LogP contribution in [-0.2, 0) is 0 Å². The second-order valence-electron chi connectivity index (χ2n) is 2.95. The van der Waals surface area contributed by atoms with Crippen LogP contribution in [0.15, 0.2) is 12.4 Å². The lowest BCUT2D eigenvalue weighted by Crippen LogP contribution is -2.48. The van der Waals surface area contributed by atoms with Crippen LogP contribution in [0.1, 0.15) is 0 Å². The van der Waals surface area contributed by atoms with Crippen molar-refractivity contribution in [1.82, 2.24) is 14.7 Å². The summed E-state index contributed by atoms with van der Waals surface area (Å²) >= 11 is 0. The van der Waals surface area contributed by atoms with Gasteiger partial charge in [0.1, 0.15) is 0 Å². The number of hydrogen-bond acceptors (Lipinski definition) is 3. The molecule has 1 aliphatic rings. The van der Waals surface area contributed by atoms with Crippen LogP contribution in [0, 0.1) is 0 Å². The molecule has 1 heterocycles. The van der Waals surface area contributed by atoms with Crippen LogP contribution in [0.5, 0.6) is 0 Å². The van der Waals surface area contributed by atoms with Gasteiger partial charge in [0.2, 0.25) is 0 Å². The number of hydrogen-bond donors (Lipinski definition) is 0. The predicted octanol–water partition coefficient (Wildman–Crippen LogP) is 0.182. The SMILES string of the molecule is C=C1N(C)CN(C)CN1C. The van der Waals surface area contributed by atoms with E-state index in [1.807, 2.05) is 0 Å². The lowest BCUT2D eigenvalue weighted by molar-refractivity contribution is 0.0676. The highest BCUT2D eigenvalue weighted by Gasteiger charge is 2.16. The molecule has 0 spiro atoms. The van der Waals surface area contributed by atoms with Gasteiger partial charge in [-0.1, -0.05) is 6.58 Å². The minimum absolute atomic E-state index is 0.975. The number of rotatable bonds is 0. The van der Waals surface area contributed by atoms with Crippen molar-refractivity contribution in [2.75, 3.05) is 34.5 Å². The summed E-state index contributed by atoms with van der Waals surface area (Å²) in [6, 6.07) is 0. The highest BCUT2D eigenvalue weighted by molar-refractivity contribution is 4.92. The average molecular weight is 141 g/mol. The van der Waals surface area contributed by atoms with Gasteiger partial charge in [-0.2, -0.15) is 0 Å². The Morgan fingerprint density at radius 2 is 1.50 bits per heavy atom. The summed E-state index contributed by atoms with van der Waals surface area (Å²) < 4.78 is 0. The fourth-order valence-electron chi connectivity index (χ4n) is 1.22. The normalized spacial score (nSPS) is 22.1. The molecule has 0 radical (unpaired) electrons. The molecule has 0 aromatic rings. The van der Waals surface area contributed by atoms with Crippen molar-refractivity contribution >= 4 is 0 Å². The molecule has 1 aliphatic heterocycles. The Labute approximate surface area is 62.5 Å². The Balaban J connectivity index is 2.57. The van der Waals surface area contributed by atoms with Gasteiger partial charge in [0.15, 0.2) is 0 Å². The fourth-order valence-corrected chi connectivity index (χ4v) is 1.22. The summed E-state index contributed by atoms with van der Waals surface area (Å²) in [7, 11) is 6.20. The van der Waals surface area contributed by atoms with E-state index >= 15 is 0 Å². The van der Waals surface area contributed by atoms with Crippen molar-refractivity contribution < 1.29 is 0 Å². The molecule has 3 nitrogen and oxygen atoms in total. The smallest absolute Gasteiger partial charge is 0.0980 e. The Bertz CT molecular complexity index is 130. The van der Waals surface area contributed by atoms with E-state index in [0.29, 0.717) is 0 Å². The highest BCUT2D eigenvalue weighted by atomic mass is 15.5. The Hall–Kier alpha value is -0.700. The zero-order valence-electron chi connectivity index (χ0n) is 6.96. The van der Waals surface area contributed by atoms with Crippen LogP contribution in [0.3, 0.4) is 0 Å². The maximum Gasteiger partial charge on any atom is 0.0980 e. The largest absolute Gasteiger partial charge is 0.349 e. The molecule has 0 aliphatic carbocycles. The van der Waals surface area contributed by atoms with E-state index in [-0.39, 0.29) is 0 Å². The molecule has 0 aromatic heterocycles. The monoisotopic (exact) mass is 141 g/mol. The molecule has 3 heteroatoms. The van der Waals surface area contributed by atoms with Crippen molar-refractivity contribution in [2.24, 2.45) is 0 Å². The quantitative estimate of drug-likeness (QED) is 0.476. The maximum atomic E-state index is 3.94. The van der Waals surface area contributed by atoms with Crippen LogP contribution >= 0.6 is 0 Å². The minimum atomic E-state index is 0.975. The molecule has 0 aromatic carbocycles. The van der Waals surface area contributed by atoms with Crippen LogP contribution in [0.4, 0.5) is 0 Å². The van der Waals surface area contributed by atoms with E-state index in [1.54, 1.807) is 0 Å². The molecule has 0 N–H and O–H groups in total. The summed E-state index contributed by atoms with van der Waals surface area (Å²) in [5.74, 6) is 1.10. The van der Waals surface area contributed by atoms with Gasteiger partial charge in [-0.25, -0.2) is 0 Å². The molecule has 1 fully saturated rings. The van der Waals surface area contributed by atoms with Gasteiger partial charge < -0.3 is 9.80 Å². The summed E-state index contributed by atoms with van der Waals surface area (Å²) in [5, 5.41) is 0. The topological polar surface area (TPSA) is 9.72 Å². The highest BCUT2D eigenvalue weighted by Crippen LogP contribution is 2.10. The van der Waals surface area contributed by atoms with Crippen molar-refractivity contribution in [1.29, 1.82) is 0 Å². The first-order valence-electron chi connectivity index (χ1n) is 3.41. The molecule has 1 saturated heterocycles. The summed E-state index contributed by atoms with van der Waals surface area (Å²) in [4.78, 5) is 6.49. The van der Waals surface area contributed by atoms with Gasteiger partial charge in [0.05, 0.1) is 19.2 Å². The third-order valence-electron chi connectivity index (χ3n) is 1.79. The van der Waals surface area contributed by atoms with E-state index in [1.165, 1.54) is 0 Å². The molecule has 1 rings (SSSR count). The fraction of sp³-hybridized carbons (Fsp3) is 0.714. The molecule has 0 unspecified atom stereocenters. The first-order chi connectivity index (χ1) is 4.61. The summed E-state index contributed by atoms with van der Waals surface area (Å²) in [6.45, 7) is 5.89. The third kappa shape index (κ3) is 1.24. The lowest BCUT2D eigenvalue weighted by atomic mass is 10.5. The number of nitrogens with zero attached hydrogens (tertiary/aromatic N) is 3. The second-order valence-corrected chi connectivity index (χ2v) is 2.95. The van der Waals surface area contributed by atoms with E-state index in [9.17, 15) is 0 Å². The first kappa shape index (κ1) is 7.41. The van der Waals surface area contributed by atoms with E-state index in [2.05, 4.69) is 42.4 Å². The van der Waals surface area contributed by atoms with Gasteiger partial charge in [-0.05, 0) is 7.05 Å². The van der Waals surface area contributed by atoms with Crippen molar-refractivity contribution in [3.8, 4) is 0 Å². The zero-order valence-corrected chi connectivity index (χ0v) is 6.96. The van der Waals surface area contributed by atoms with E-state index in [4.69, 9.17) is 0 Å². The van der Waals surface area contributed by atoms with Crippen LogP contribution in [0.2, 0.25) is 0 Å². The zero-order chi connectivity index (χ0) is 7.72.